The Morgan fingerprint density at radius 3 is 2.58 bits per heavy atom. The van der Waals surface area contributed by atoms with Crippen LogP contribution in [0.15, 0.2) is 21.5 Å². The molecule has 0 aliphatic carbocycles. The zero-order valence-electron chi connectivity index (χ0n) is 9.90. The van der Waals surface area contributed by atoms with E-state index in [0.717, 1.165) is 11.5 Å². The standard InChI is InChI=1S/C11H12BrClFNO2S2/c12-9-5-8(7-13)11(14)10(6-9)19(16,17)15-1-3-18-4-2-15/h5-6H,1-4,7H2. The van der Waals surface area contributed by atoms with Crippen LogP contribution >= 0.6 is 39.3 Å². The molecule has 2 rings (SSSR count). The van der Waals surface area contributed by atoms with E-state index in [0.29, 0.717) is 17.6 Å². The quantitative estimate of drug-likeness (QED) is 0.747. The lowest BCUT2D eigenvalue weighted by Gasteiger charge is -2.26. The number of nitrogens with zero attached hydrogens (tertiary/aromatic N) is 1. The topological polar surface area (TPSA) is 37.4 Å². The number of hydrogen-bond acceptors (Lipinski definition) is 3. The summed E-state index contributed by atoms with van der Waals surface area (Å²) < 4.78 is 40.9. The summed E-state index contributed by atoms with van der Waals surface area (Å²) in [7, 11) is -3.79. The van der Waals surface area contributed by atoms with Gasteiger partial charge in [0.2, 0.25) is 10.0 Å². The van der Waals surface area contributed by atoms with Gasteiger partial charge in [-0.1, -0.05) is 15.9 Å². The summed E-state index contributed by atoms with van der Waals surface area (Å²) in [6, 6.07) is 2.79. The van der Waals surface area contributed by atoms with E-state index < -0.39 is 15.8 Å². The van der Waals surface area contributed by atoms with Crippen molar-refractivity contribution in [1.29, 1.82) is 0 Å². The molecular weight excluding hydrogens is 377 g/mol. The molecule has 0 spiro atoms. The molecule has 8 heteroatoms. The number of thioether (sulfide) groups is 1. The van der Waals surface area contributed by atoms with Gasteiger partial charge < -0.3 is 0 Å². The van der Waals surface area contributed by atoms with E-state index in [9.17, 15) is 12.8 Å². The van der Waals surface area contributed by atoms with Crippen molar-refractivity contribution in [2.75, 3.05) is 24.6 Å². The predicted octanol–water partition coefficient (Wildman–Crippen LogP) is 3.06. The number of halogens is 3. The van der Waals surface area contributed by atoms with Gasteiger partial charge in [-0.05, 0) is 12.1 Å². The predicted molar refractivity (Wildman–Crippen MR) is 79.7 cm³/mol. The van der Waals surface area contributed by atoms with E-state index in [2.05, 4.69) is 15.9 Å². The highest BCUT2D eigenvalue weighted by molar-refractivity contribution is 9.10. The van der Waals surface area contributed by atoms with E-state index in [4.69, 9.17) is 11.6 Å². The Morgan fingerprint density at radius 2 is 2.00 bits per heavy atom. The first-order valence-electron chi connectivity index (χ1n) is 5.58. The molecule has 1 heterocycles. The van der Waals surface area contributed by atoms with E-state index in [-0.39, 0.29) is 16.3 Å². The molecular formula is C11H12BrClFNO2S2. The fourth-order valence-corrected chi connectivity index (χ4v) is 5.39. The van der Waals surface area contributed by atoms with Crippen molar-refractivity contribution in [1.82, 2.24) is 4.31 Å². The average molecular weight is 389 g/mol. The largest absolute Gasteiger partial charge is 0.246 e. The lowest BCUT2D eigenvalue weighted by atomic mass is 10.2. The Kier molecular flexibility index (Phi) is 5.16. The van der Waals surface area contributed by atoms with Crippen LogP contribution in [0.25, 0.3) is 0 Å². The van der Waals surface area contributed by atoms with Gasteiger partial charge in [-0.15, -0.1) is 11.6 Å². The van der Waals surface area contributed by atoms with Gasteiger partial charge in [-0.3, -0.25) is 0 Å². The summed E-state index contributed by atoms with van der Waals surface area (Å²) in [5, 5.41) is 0. The van der Waals surface area contributed by atoms with Crippen LogP contribution in [0.4, 0.5) is 4.39 Å². The lowest BCUT2D eigenvalue weighted by Crippen LogP contribution is -2.38. The molecule has 0 aromatic heterocycles. The molecule has 106 valence electrons. The summed E-state index contributed by atoms with van der Waals surface area (Å²) in [6.45, 7) is 0.824. The van der Waals surface area contributed by atoms with E-state index in [1.54, 1.807) is 11.8 Å². The van der Waals surface area contributed by atoms with Crippen LogP contribution in [0.5, 0.6) is 0 Å². The minimum absolute atomic E-state index is 0.0658. The van der Waals surface area contributed by atoms with Crippen LogP contribution in [-0.4, -0.2) is 37.3 Å². The average Bonchev–Trinajstić information content (AvgIpc) is 2.41. The number of benzene rings is 1. The third kappa shape index (κ3) is 3.26. The number of sulfonamides is 1. The summed E-state index contributed by atoms with van der Waals surface area (Å²) in [5.41, 5.74) is 0.181. The van der Waals surface area contributed by atoms with Crippen molar-refractivity contribution in [2.24, 2.45) is 0 Å². The molecule has 0 atom stereocenters. The van der Waals surface area contributed by atoms with Crippen LogP contribution in [0.3, 0.4) is 0 Å². The summed E-state index contributed by atoms with van der Waals surface area (Å²) in [6.07, 6.45) is 0. The highest BCUT2D eigenvalue weighted by Gasteiger charge is 2.30. The molecule has 1 saturated heterocycles. The minimum Gasteiger partial charge on any atom is -0.207 e. The first kappa shape index (κ1) is 15.6. The van der Waals surface area contributed by atoms with Crippen molar-refractivity contribution < 1.29 is 12.8 Å². The van der Waals surface area contributed by atoms with Crippen molar-refractivity contribution in [2.45, 2.75) is 10.8 Å². The van der Waals surface area contributed by atoms with Gasteiger partial charge in [0, 0.05) is 34.6 Å². The Balaban J connectivity index is 2.47. The van der Waals surface area contributed by atoms with Gasteiger partial charge in [0.25, 0.3) is 0 Å². The number of rotatable bonds is 3. The van der Waals surface area contributed by atoms with Crippen LogP contribution in [-0.2, 0) is 15.9 Å². The highest BCUT2D eigenvalue weighted by Crippen LogP contribution is 2.28. The zero-order valence-corrected chi connectivity index (χ0v) is 13.9. The molecule has 1 aliphatic rings. The van der Waals surface area contributed by atoms with Crippen LogP contribution in [0.2, 0.25) is 0 Å². The molecule has 1 aromatic rings. The fraction of sp³-hybridized carbons (Fsp3) is 0.455. The Hall–Kier alpha value is 0.180. The Bertz CT molecular complexity index is 576. The molecule has 3 nitrogen and oxygen atoms in total. The van der Waals surface area contributed by atoms with Gasteiger partial charge in [0.1, 0.15) is 10.7 Å². The van der Waals surface area contributed by atoms with Gasteiger partial charge in [0.05, 0.1) is 5.88 Å². The minimum atomic E-state index is -3.79. The maximum Gasteiger partial charge on any atom is 0.246 e. The second-order valence-electron chi connectivity index (χ2n) is 4.03. The summed E-state index contributed by atoms with van der Waals surface area (Å²) in [5.74, 6) is 0.648. The van der Waals surface area contributed by atoms with Gasteiger partial charge in [-0.2, -0.15) is 16.1 Å². The lowest BCUT2D eigenvalue weighted by molar-refractivity contribution is 0.438. The van der Waals surface area contributed by atoms with Crippen LogP contribution in [0.1, 0.15) is 5.56 Å². The molecule has 1 aliphatic heterocycles. The Morgan fingerprint density at radius 1 is 1.37 bits per heavy atom. The molecule has 19 heavy (non-hydrogen) atoms. The summed E-state index contributed by atoms with van der Waals surface area (Å²) in [4.78, 5) is -0.301. The van der Waals surface area contributed by atoms with Gasteiger partial charge in [-0.25, -0.2) is 12.8 Å². The van der Waals surface area contributed by atoms with Crippen molar-refractivity contribution in [3.05, 3.63) is 28.0 Å². The second kappa shape index (κ2) is 6.30. The smallest absolute Gasteiger partial charge is 0.207 e. The second-order valence-corrected chi connectivity index (χ2v) is 8.34. The monoisotopic (exact) mass is 387 g/mol. The van der Waals surface area contributed by atoms with Crippen molar-refractivity contribution in [3.63, 3.8) is 0 Å². The fourth-order valence-electron chi connectivity index (χ4n) is 1.83. The Labute approximate surface area is 129 Å². The number of hydrogen-bond donors (Lipinski definition) is 0. The third-order valence-electron chi connectivity index (χ3n) is 2.81. The molecule has 0 N–H and O–H groups in total. The normalized spacial score (nSPS) is 17.6. The summed E-state index contributed by atoms with van der Waals surface area (Å²) >= 11 is 10.5. The third-order valence-corrected chi connectivity index (χ3v) is 6.40. The van der Waals surface area contributed by atoms with Crippen LogP contribution in [0, 0.1) is 5.82 Å². The first-order chi connectivity index (χ1) is 8.96. The van der Waals surface area contributed by atoms with Crippen molar-refractivity contribution >= 4 is 49.3 Å². The number of alkyl halides is 1. The molecule has 0 amide bonds. The maximum absolute atomic E-state index is 14.2. The molecule has 0 radical (unpaired) electrons. The van der Waals surface area contributed by atoms with E-state index in [1.807, 2.05) is 0 Å². The maximum atomic E-state index is 14.2. The highest BCUT2D eigenvalue weighted by atomic mass is 79.9. The molecule has 1 aromatic carbocycles. The van der Waals surface area contributed by atoms with Crippen molar-refractivity contribution in [3.8, 4) is 0 Å². The molecule has 1 fully saturated rings. The van der Waals surface area contributed by atoms with E-state index in [1.165, 1.54) is 16.4 Å². The first-order valence-corrected chi connectivity index (χ1v) is 9.51. The zero-order chi connectivity index (χ0) is 14.0. The van der Waals surface area contributed by atoms with Gasteiger partial charge in [0.15, 0.2) is 0 Å². The van der Waals surface area contributed by atoms with E-state index >= 15 is 0 Å². The van der Waals surface area contributed by atoms with Crippen LogP contribution < -0.4 is 0 Å². The molecule has 0 bridgehead atoms. The molecule has 0 saturated carbocycles. The van der Waals surface area contributed by atoms with Gasteiger partial charge >= 0.3 is 0 Å². The SMILES string of the molecule is O=S(=O)(c1cc(Br)cc(CCl)c1F)N1CCSCC1. The molecule has 0 unspecified atom stereocenters.